The van der Waals surface area contributed by atoms with Crippen LogP contribution in [0.1, 0.15) is 44.1 Å². The van der Waals surface area contributed by atoms with Gasteiger partial charge in [-0.2, -0.15) is 0 Å². The highest BCUT2D eigenvalue weighted by Gasteiger charge is 2.49. The third-order valence-corrected chi connectivity index (χ3v) is 7.47. The van der Waals surface area contributed by atoms with Crippen molar-refractivity contribution in [3.05, 3.63) is 34.9 Å². The molecular weight excluding hydrogens is 430 g/mol. The van der Waals surface area contributed by atoms with Gasteiger partial charge in [-0.1, -0.05) is 30.2 Å². The number of hydrogen-bond donors (Lipinski definition) is 2. The van der Waals surface area contributed by atoms with E-state index in [-0.39, 0.29) is 29.6 Å². The normalized spacial score (nSPS) is 27.7. The molecule has 0 radical (unpaired) electrons. The Hall–Kier alpha value is -2.41. The summed E-state index contributed by atoms with van der Waals surface area (Å²) < 4.78 is 0. The van der Waals surface area contributed by atoms with E-state index in [1.807, 2.05) is 24.3 Å². The molecule has 0 spiro atoms. The molecule has 172 valence electrons. The smallest absolute Gasteiger partial charge is 0.243 e. The van der Waals surface area contributed by atoms with E-state index >= 15 is 0 Å². The van der Waals surface area contributed by atoms with Crippen molar-refractivity contribution in [2.75, 3.05) is 13.1 Å². The number of aryl methyl sites for hydroxylation is 1. The van der Waals surface area contributed by atoms with E-state index in [2.05, 4.69) is 10.6 Å². The maximum absolute atomic E-state index is 13.3. The van der Waals surface area contributed by atoms with Crippen LogP contribution < -0.4 is 10.6 Å². The highest BCUT2D eigenvalue weighted by atomic mass is 35.5. The van der Waals surface area contributed by atoms with E-state index in [4.69, 9.17) is 11.6 Å². The average molecular weight is 460 g/mol. The summed E-state index contributed by atoms with van der Waals surface area (Å²) in [6, 6.07) is 6.17. The van der Waals surface area contributed by atoms with Gasteiger partial charge in [0.25, 0.3) is 0 Å². The fourth-order valence-corrected chi connectivity index (χ4v) is 5.66. The van der Waals surface area contributed by atoms with Gasteiger partial charge < -0.3 is 20.3 Å². The number of nitrogens with zero attached hydrogens (tertiary/aromatic N) is 1. The number of carbonyl (C=O) groups excluding carboxylic acids is 4. The number of amides is 3. The largest absolute Gasteiger partial charge is 0.356 e. The maximum atomic E-state index is 13.3. The summed E-state index contributed by atoms with van der Waals surface area (Å²) >= 11 is 5.93. The molecule has 1 aromatic rings. The molecule has 4 rings (SSSR count). The van der Waals surface area contributed by atoms with Gasteiger partial charge in [-0.25, -0.2) is 0 Å². The van der Waals surface area contributed by atoms with Crippen molar-refractivity contribution in [3.8, 4) is 0 Å². The number of hydrogen-bond acceptors (Lipinski definition) is 4. The standard InChI is InChI=1S/C24H30ClN3O4/c25-18-7-4-15(5-8-18)6-9-21(30)28-13-17-2-1-3-20(17)22(28)24(32)27-19(14-29)12-16-10-11-26-23(16)31/h4-5,7-8,14,16-17,19-20,22H,1-3,6,9-13H2,(H,26,31)(H,27,32)/t16-,17-,19-,20-,22?/m0/s1. The molecule has 2 N–H and O–H groups in total. The molecule has 0 bridgehead atoms. The first kappa shape index (κ1) is 22.8. The molecule has 2 aliphatic heterocycles. The van der Waals surface area contributed by atoms with Crippen LogP contribution in [0.2, 0.25) is 5.02 Å². The zero-order valence-electron chi connectivity index (χ0n) is 18.1. The number of aldehydes is 1. The molecule has 3 fully saturated rings. The molecule has 1 aromatic carbocycles. The van der Waals surface area contributed by atoms with Crippen LogP contribution in [-0.2, 0) is 25.6 Å². The summed E-state index contributed by atoms with van der Waals surface area (Å²) in [5.41, 5.74) is 1.03. The van der Waals surface area contributed by atoms with E-state index < -0.39 is 12.1 Å². The third kappa shape index (κ3) is 4.98. The lowest BCUT2D eigenvalue weighted by Gasteiger charge is -2.28. The number of halogens is 1. The van der Waals surface area contributed by atoms with Gasteiger partial charge in [0.2, 0.25) is 17.7 Å². The van der Waals surface area contributed by atoms with Crippen molar-refractivity contribution >= 4 is 35.6 Å². The van der Waals surface area contributed by atoms with Crippen molar-refractivity contribution in [2.45, 2.75) is 57.0 Å². The molecule has 1 saturated carbocycles. The summed E-state index contributed by atoms with van der Waals surface area (Å²) in [7, 11) is 0. The van der Waals surface area contributed by atoms with E-state index in [0.29, 0.717) is 56.0 Å². The van der Waals surface area contributed by atoms with Gasteiger partial charge in [-0.15, -0.1) is 0 Å². The van der Waals surface area contributed by atoms with Crippen LogP contribution in [0, 0.1) is 17.8 Å². The second-order valence-electron chi connectivity index (χ2n) is 9.24. The average Bonchev–Trinajstić information content (AvgIpc) is 3.48. The highest BCUT2D eigenvalue weighted by Crippen LogP contribution is 2.42. The zero-order valence-corrected chi connectivity index (χ0v) is 18.9. The van der Waals surface area contributed by atoms with Crippen LogP contribution in [0.15, 0.2) is 24.3 Å². The fraction of sp³-hybridized carbons (Fsp3) is 0.583. The second kappa shape index (κ2) is 10.0. The second-order valence-corrected chi connectivity index (χ2v) is 9.67. The molecule has 2 saturated heterocycles. The van der Waals surface area contributed by atoms with Crippen molar-refractivity contribution < 1.29 is 19.2 Å². The Balaban J connectivity index is 1.40. The monoisotopic (exact) mass is 459 g/mol. The molecule has 0 aromatic heterocycles. The lowest BCUT2D eigenvalue weighted by molar-refractivity contribution is -0.140. The van der Waals surface area contributed by atoms with E-state index in [1.54, 1.807) is 4.90 Å². The Labute approximate surface area is 193 Å². The van der Waals surface area contributed by atoms with Gasteiger partial charge >= 0.3 is 0 Å². The van der Waals surface area contributed by atoms with Crippen molar-refractivity contribution in [3.63, 3.8) is 0 Å². The lowest BCUT2D eigenvalue weighted by atomic mass is 9.92. The molecule has 7 nitrogen and oxygen atoms in total. The van der Waals surface area contributed by atoms with Gasteiger partial charge in [-0.3, -0.25) is 14.4 Å². The van der Waals surface area contributed by atoms with Gasteiger partial charge in [0, 0.05) is 30.5 Å². The first-order valence-electron chi connectivity index (χ1n) is 11.5. The Morgan fingerprint density at radius 1 is 1.22 bits per heavy atom. The number of nitrogens with one attached hydrogen (secondary N) is 2. The quantitative estimate of drug-likeness (QED) is 0.582. The van der Waals surface area contributed by atoms with Crippen LogP contribution in [0.4, 0.5) is 0 Å². The van der Waals surface area contributed by atoms with Crippen molar-refractivity contribution in [1.82, 2.24) is 15.5 Å². The summed E-state index contributed by atoms with van der Waals surface area (Å²) in [6.07, 6.45) is 5.58. The van der Waals surface area contributed by atoms with Crippen LogP contribution in [-0.4, -0.2) is 54.1 Å². The predicted octanol–water partition coefficient (Wildman–Crippen LogP) is 2.11. The van der Waals surface area contributed by atoms with E-state index in [0.717, 1.165) is 24.8 Å². The molecule has 1 aliphatic carbocycles. The molecule has 1 unspecified atom stereocenters. The van der Waals surface area contributed by atoms with Crippen LogP contribution in [0.25, 0.3) is 0 Å². The number of likely N-dealkylation sites (tertiary alicyclic amines) is 1. The minimum atomic E-state index is -0.720. The molecule has 32 heavy (non-hydrogen) atoms. The van der Waals surface area contributed by atoms with Crippen molar-refractivity contribution in [2.24, 2.45) is 17.8 Å². The summed E-state index contributed by atoms with van der Waals surface area (Å²) in [4.78, 5) is 51.6. The predicted molar refractivity (Wildman–Crippen MR) is 120 cm³/mol. The number of fused-ring (bicyclic) bond motifs is 1. The van der Waals surface area contributed by atoms with Gasteiger partial charge in [0.1, 0.15) is 12.3 Å². The first-order valence-corrected chi connectivity index (χ1v) is 11.9. The first-order chi connectivity index (χ1) is 15.5. The van der Waals surface area contributed by atoms with E-state index in [1.165, 1.54) is 0 Å². The highest BCUT2D eigenvalue weighted by molar-refractivity contribution is 6.30. The summed E-state index contributed by atoms with van der Waals surface area (Å²) in [6.45, 7) is 1.20. The topological polar surface area (TPSA) is 95.6 Å². The van der Waals surface area contributed by atoms with Crippen LogP contribution in [0.5, 0.6) is 0 Å². The Kier molecular flexibility index (Phi) is 7.13. The van der Waals surface area contributed by atoms with Gasteiger partial charge in [-0.05, 0) is 61.6 Å². The summed E-state index contributed by atoms with van der Waals surface area (Å²) in [5, 5.41) is 6.26. The molecule has 5 atom stereocenters. The van der Waals surface area contributed by atoms with Crippen LogP contribution >= 0.6 is 11.6 Å². The van der Waals surface area contributed by atoms with E-state index in [9.17, 15) is 19.2 Å². The Morgan fingerprint density at radius 2 is 2.00 bits per heavy atom. The molecular formula is C24H30ClN3O4. The molecule has 3 amide bonds. The Bertz CT molecular complexity index is 875. The third-order valence-electron chi connectivity index (χ3n) is 7.21. The lowest BCUT2D eigenvalue weighted by Crippen LogP contribution is -2.52. The van der Waals surface area contributed by atoms with Gasteiger partial charge in [0.05, 0.1) is 6.04 Å². The van der Waals surface area contributed by atoms with Crippen molar-refractivity contribution in [1.29, 1.82) is 0 Å². The van der Waals surface area contributed by atoms with Gasteiger partial charge in [0.15, 0.2) is 0 Å². The minimum Gasteiger partial charge on any atom is -0.356 e. The zero-order chi connectivity index (χ0) is 22.7. The maximum Gasteiger partial charge on any atom is 0.243 e. The minimum absolute atomic E-state index is 0.0349. The number of benzene rings is 1. The molecule has 2 heterocycles. The molecule has 8 heteroatoms. The SMILES string of the molecule is O=C[C@H](C[C@@H]1CCNC1=O)NC(=O)C1[C@H]2CCC[C@H]2CN1C(=O)CCc1ccc(Cl)cc1. The van der Waals surface area contributed by atoms with Crippen LogP contribution in [0.3, 0.4) is 0 Å². The fourth-order valence-electron chi connectivity index (χ4n) is 5.54. The number of carbonyl (C=O) groups is 4. The summed E-state index contributed by atoms with van der Waals surface area (Å²) in [5.74, 6) is -0.161. The Morgan fingerprint density at radius 3 is 2.69 bits per heavy atom. The number of rotatable bonds is 8. The molecule has 3 aliphatic rings.